The Kier molecular flexibility index (Phi) is 5.02. The van der Waals surface area contributed by atoms with E-state index in [0.29, 0.717) is 15.6 Å². The van der Waals surface area contributed by atoms with Crippen LogP contribution in [0.4, 0.5) is 0 Å². The van der Waals surface area contributed by atoms with E-state index in [9.17, 15) is 9.59 Å². The number of rotatable bonds is 4. The van der Waals surface area contributed by atoms with Gasteiger partial charge in [0.1, 0.15) is 0 Å². The highest BCUT2D eigenvalue weighted by molar-refractivity contribution is 9.13. The maximum atomic E-state index is 12.2. The molecule has 130 valence electrons. The van der Waals surface area contributed by atoms with Crippen LogP contribution in [0, 0.1) is 0 Å². The summed E-state index contributed by atoms with van der Waals surface area (Å²) in [5.41, 5.74) is 3.00. The highest BCUT2D eigenvalue weighted by Crippen LogP contribution is 2.54. The minimum Gasteiger partial charge on any atom is -0.413 e. The van der Waals surface area contributed by atoms with Crippen LogP contribution in [-0.2, 0) is 24.8 Å². The standard InChI is InChI=1S/C19H16Br2O4/c1-3-15(22)24-19(25-16(23)4-2)13-8-6-5-7-11(13)12-9-10-14(20)18(21)17(12)19/h5-10H,3-4H2,1-2H3. The Labute approximate surface area is 162 Å². The number of carbonyl (C=O) groups is 2. The van der Waals surface area contributed by atoms with Crippen molar-refractivity contribution in [3.05, 3.63) is 56.5 Å². The summed E-state index contributed by atoms with van der Waals surface area (Å²) in [5.74, 6) is -2.48. The van der Waals surface area contributed by atoms with Gasteiger partial charge in [0, 0.05) is 27.4 Å². The molecule has 1 aliphatic carbocycles. The highest BCUT2D eigenvalue weighted by atomic mass is 79.9. The molecule has 0 amide bonds. The number of hydrogen-bond acceptors (Lipinski definition) is 4. The SMILES string of the molecule is CCC(=O)OC1(OC(=O)CC)c2ccccc2-c2ccc(Br)c(Br)c21. The lowest BCUT2D eigenvalue weighted by molar-refractivity contribution is -0.217. The van der Waals surface area contributed by atoms with Gasteiger partial charge in [0.15, 0.2) is 0 Å². The van der Waals surface area contributed by atoms with Gasteiger partial charge in [0.05, 0.1) is 5.56 Å². The van der Waals surface area contributed by atoms with Crippen molar-refractivity contribution in [3.8, 4) is 11.1 Å². The predicted molar refractivity (Wildman–Crippen MR) is 101 cm³/mol. The van der Waals surface area contributed by atoms with E-state index in [1.165, 1.54) is 0 Å². The zero-order valence-corrected chi connectivity index (χ0v) is 16.9. The second-order valence-electron chi connectivity index (χ2n) is 5.60. The molecule has 0 heterocycles. The molecule has 2 aromatic carbocycles. The molecule has 0 saturated carbocycles. The van der Waals surface area contributed by atoms with Crippen LogP contribution in [0.3, 0.4) is 0 Å². The topological polar surface area (TPSA) is 52.6 Å². The van der Waals surface area contributed by atoms with Crippen LogP contribution < -0.4 is 0 Å². The predicted octanol–water partition coefficient (Wildman–Crippen LogP) is 5.30. The van der Waals surface area contributed by atoms with Gasteiger partial charge in [-0.3, -0.25) is 9.59 Å². The first-order valence-corrected chi connectivity index (χ1v) is 9.55. The van der Waals surface area contributed by atoms with Gasteiger partial charge < -0.3 is 9.47 Å². The summed E-state index contributed by atoms with van der Waals surface area (Å²) in [4.78, 5) is 24.4. The van der Waals surface area contributed by atoms with Crippen LogP contribution >= 0.6 is 31.9 Å². The Balaban J connectivity index is 2.34. The molecule has 0 unspecified atom stereocenters. The van der Waals surface area contributed by atoms with Crippen LogP contribution in [0.5, 0.6) is 0 Å². The summed E-state index contributed by atoms with van der Waals surface area (Å²) >= 11 is 7.04. The van der Waals surface area contributed by atoms with Crippen molar-refractivity contribution in [2.45, 2.75) is 32.5 Å². The lowest BCUT2D eigenvalue weighted by Crippen LogP contribution is -2.37. The number of fused-ring (bicyclic) bond motifs is 3. The fourth-order valence-electron chi connectivity index (χ4n) is 2.93. The van der Waals surface area contributed by atoms with Crippen molar-refractivity contribution in [1.82, 2.24) is 0 Å². The van der Waals surface area contributed by atoms with E-state index >= 15 is 0 Å². The third-order valence-electron chi connectivity index (χ3n) is 4.09. The lowest BCUT2D eigenvalue weighted by Gasteiger charge is -2.31. The molecule has 0 saturated heterocycles. The van der Waals surface area contributed by atoms with Crippen molar-refractivity contribution in [2.75, 3.05) is 0 Å². The average molecular weight is 468 g/mol. The van der Waals surface area contributed by atoms with Gasteiger partial charge in [-0.15, -0.1) is 0 Å². The fourth-order valence-corrected chi connectivity index (χ4v) is 3.87. The Morgan fingerprint density at radius 3 is 2.12 bits per heavy atom. The molecule has 0 aliphatic heterocycles. The minimum atomic E-state index is -1.59. The quantitative estimate of drug-likeness (QED) is 0.452. The van der Waals surface area contributed by atoms with E-state index in [1.807, 2.05) is 36.4 Å². The molecule has 2 aromatic rings. The zero-order chi connectivity index (χ0) is 18.2. The van der Waals surface area contributed by atoms with Crippen LogP contribution in [0.1, 0.15) is 37.8 Å². The molecule has 0 spiro atoms. The minimum absolute atomic E-state index is 0.175. The highest BCUT2D eigenvalue weighted by Gasteiger charge is 2.51. The Bertz CT molecular complexity index is 842. The van der Waals surface area contributed by atoms with E-state index < -0.39 is 17.7 Å². The van der Waals surface area contributed by atoms with Gasteiger partial charge in [-0.05, 0) is 49.1 Å². The molecule has 3 rings (SSSR count). The van der Waals surface area contributed by atoms with Crippen molar-refractivity contribution >= 4 is 43.8 Å². The maximum absolute atomic E-state index is 12.2. The third kappa shape index (κ3) is 2.91. The van der Waals surface area contributed by atoms with E-state index in [0.717, 1.165) is 15.6 Å². The summed E-state index contributed by atoms with van der Waals surface area (Å²) < 4.78 is 13.0. The molecule has 0 N–H and O–H groups in total. The smallest absolute Gasteiger partial charge is 0.312 e. The molecule has 25 heavy (non-hydrogen) atoms. The summed E-state index contributed by atoms with van der Waals surface area (Å²) in [5, 5.41) is 0. The largest absolute Gasteiger partial charge is 0.413 e. The van der Waals surface area contributed by atoms with Crippen LogP contribution in [0.15, 0.2) is 45.3 Å². The van der Waals surface area contributed by atoms with Crippen LogP contribution in [0.25, 0.3) is 11.1 Å². The molecule has 1 aliphatic rings. The van der Waals surface area contributed by atoms with Crippen molar-refractivity contribution in [2.24, 2.45) is 0 Å². The molecule has 0 fully saturated rings. The van der Waals surface area contributed by atoms with Gasteiger partial charge in [-0.1, -0.05) is 44.2 Å². The Morgan fingerprint density at radius 2 is 1.52 bits per heavy atom. The number of esters is 2. The summed E-state index contributed by atoms with van der Waals surface area (Å²) in [7, 11) is 0. The molecular weight excluding hydrogens is 452 g/mol. The molecule has 0 atom stereocenters. The monoisotopic (exact) mass is 466 g/mol. The van der Waals surface area contributed by atoms with E-state index in [1.54, 1.807) is 13.8 Å². The second kappa shape index (κ2) is 6.92. The molecule has 0 aromatic heterocycles. The van der Waals surface area contributed by atoms with Crippen LogP contribution in [-0.4, -0.2) is 11.9 Å². The van der Waals surface area contributed by atoms with Crippen molar-refractivity contribution in [3.63, 3.8) is 0 Å². The van der Waals surface area contributed by atoms with Gasteiger partial charge in [-0.2, -0.15) is 0 Å². The number of halogens is 2. The van der Waals surface area contributed by atoms with Gasteiger partial charge >= 0.3 is 17.7 Å². The first-order valence-electron chi connectivity index (χ1n) is 7.96. The van der Waals surface area contributed by atoms with Crippen LogP contribution in [0.2, 0.25) is 0 Å². The molecular formula is C19H16Br2O4. The molecule has 0 bridgehead atoms. The van der Waals surface area contributed by atoms with E-state index in [4.69, 9.17) is 9.47 Å². The Hall–Kier alpha value is -1.66. The lowest BCUT2D eigenvalue weighted by atomic mass is 10.0. The van der Waals surface area contributed by atoms with E-state index in [-0.39, 0.29) is 12.8 Å². The number of ether oxygens (including phenoxy) is 2. The number of hydrogen-bond donors (Lipinski definition) is 0. The summed E-state index contributed by atoms with van der Waals surface area (Å²) in [6.07, 6.45) is 0.350. The van der Waals surface area contributed by atoms with Crippen molar-refractivity contribution < 1.29 is 19.1 Å². The van der Waals surface area contributed by atoms with E-state index in [2.05, 4.69) is 31.9 Å². The van der Waals surface area contributed by atoms with Gasteiger partial charge in [-0.25, -0.2) is 0 Å². The second-order valence-corrected chi connectivity index (χ2v) is 7.25. The molecule has 4 nitrogen and oxygen atoms in total. The normalized spacial score (nSPS) is 13.8. The summed E-state index contributed by atoms with van der Waals surface area (Å²) in [6.45, 7) is 3.41. The van der Waals surface area contributed by atoms with Crippen molar-refractivity contribution in [1.29, 1.82) is 0 Å². The number of benzene rings is 2. The maximum Gasteiger partial charge on any atom is 0.312 e. The molecule has 0 radical (unpaired) electrons. The fraction of sp³-hybridized carbons (Fsp3) is 0.263. The first kappa shape index (κ1) is 18.1. The third-order valence-corrected chi connectivity index (χ3v) is 6.10. The summed E-state index contributed by atoms with van der Waals surface area (Å²) in [6, 6.07) is 11.3. The average Bonchev–Trinajstić information content (AvgIpc) is 2.88. The Morgan fingerprint density at radius 1 is 0.920 bits per heavy atom. The molecule has 6 heteroatoms. The first-order chi connectivity index (χ1) is 11.9. The number of carbonyl (C=O) groups excluding carboxylic acids is 2. The van der Waals surface area contributed by atoms with Gasteiger partial charge in [0.25, 0.3) is 0 Å². The van der Waals surface area contributed by atoms with Gasteiger partial charge in [0.2, 0.25) is 0 Å². The zero-order valence-electron chi connectivity index (χ0n) is 13.8.